The molecule has 2 aromatic carbocycles. The van der Waals surface area contributed by atoms with Gasteiger partial charge >= 0.3 is 0 Å². The summed E-state index contributed by atoms with van der Waals surface area (Å²) in [5.74, 6) is 2.12. The summed E-state index contributed by atoms with van der Waals surface area (Å²) in [7, 11) is 3.10. The van der Waals surface area contributed by atoms with Crippen LogP contribution in [0.4, 0.5) is 0 Å². The van der Waals surface area contributed by atoms with E-state index in [4.69, 9.17) is 25.1 Å². The summed E-state index contributed by atoms with van der Waals surface area (Å²) >= 11 is 0. The van der Waals surface area contributed by atoms with Crippen LogP contribution in [0, 0.1) is 0 Å². The number of Topliss-reactive ketones (excluding diaryl/α,β-unsaturated/α-hetero) is 1. The number of hydrogen-bond acceptors (Lipinski definition) is 7. The Hall–Kier alpha value is -2.93. The molecule has 158 valence electrons. The van der Waals surface area contributed by atoms with Crippen molar-refractivity contribution in [2.45, 2.75) is 44.0 Å². The zero-order chi connectivity index (χ0) is 21.9. The zero-order valence-electron chi connectivity index (χ0n) is 18.1. The van der Waals surface area contributed by atoms with Gasteiger partial charge in [0.2, 0.25) is 0 Å². The number of fused-ring (bicyclic) bond motifs is 6. The maximum atomic E-state index is 13.6. The summed E-state index contributed by atoms with van der Waals surface area (Å²) in [6, 6.07) is 6.96. The molecule has 3 aliphatic heterocycles. The van der Waals surface area contributed by atoms with Crippen LogP contribution in [0.1, 0.15) is 42.6 Å². The molecule has 3 aliphatic rings. The molecule has 0 unspecified atom stereocenters. The second-order valence-corrected chi connectivity index (χ2v) is 8.14. The van der Waals surface area contributed by atoms with Crippen LogP contribution < -0.4 is 23.7 Å². The topological polar surface area (TPSA) is 83.5 Å². The van der Waals surface area contributed by atoms with Gasteiger partial charge in [0, 0.05) is 25.0 Å². The first kappa shape index (κ1) is 17.9. The van der Waals surface area contributed by atoms with Gasteiger partial charge in [0.05, 0.1) is 31.3 Å². The summed E-state index contributed by atoms with van der Waals surface area (Å²) in [6.45, 7) is 1.61. The lowest BCUT2D eigenvalue weighted by atomic mass is 9.81. The average Bonchev–Trinajstić information content (AvgIpc) is 3.23. The molecule has 0 fully saturated rings. The summed E-state index contributed by atoms with van der Waals surface area (Å²) in [5, 5.41) is 10.5. The summed E-state index contributed by atoms with van der Waals surface area (Å²) in [5.41, 5.74) is 0.644. The van der Waals surface area contributed by atoms with Crippen LogP contribution in [-0.4, -0.2) is 49.5 Å². The van der Waals surface area contributed by atoms with Crippen LogP contribution in [0.15, 0.2) is 24.3 Å². The van der Waals surface area contributed by atoms with Crippen molar-refractivity contribution < 1.29 is 35.0 Å². The maximum Gasteiger partial charge on any atom is 0.178 e. The normalized spacial score (nSPS) is 25.8. The zero-order valence-corrected chi connectivity index (χ0v) is 17.1. The fourth-order valence-electron chi connectivity index (χ4n) is 4.41. The Bertz CT molecular complexity index is 1060. The van der Waals surface area contributed by atoms with Gasteiger partial charge in [-0.05, 0) is 32.0 Å². The van der Waals surface area contributed by atoms with E-state index < -0.39 is 23.7 Å². The SMILES string of the molecule is [2H]C[C@@](C)(O)[C@H]1Cc2c(ccc3c2O[C@@H]2COc4cc(OC)c(OC)cc4[C@@H]2C3=O)O1. The van der Waals surface area contributed by atoms with Gasteiger partial charge < -0.3 is 28.8 Å². The fourth-order valence-corrected chi connectivity index (χ4v) is 4.41. The van der Waals surface area contributed by atoms with Crippen molar-refractivity contribution in [3.05, 3.63) is 41.0 Å². The second-order valence-electron chi connectivity index (χ2n) is 8.14. The second kappa shape index (κ2) is 6.54. The number of ether oxygens (including phenoxy) is 5. The van der Waals surface area contributed by atoms with Crippen LogP contribution in [0.3, 0.4) is 0 Å². The first-order valence-corrected chi connectivity index (χ1v) is 9.81. The molecule has 0 spiro atoms. The number of hydrogen-bond donors (Lipinski definition) is 1. The van der Waals surface area contributed by atoms with E-state index in [-0.39, 0.29) is 19.3 Å². The van der Waals surface area contributed by atoms with E-state index in [0.717, 1.165) is 5.56 Å². The number of rotatable bonds is 3. The molecule has 1 N–H and O–H groups in total. The van der Waals surface area contributed by atoms with E-state index in [1.807, 2.05) is 0 Å². The molecule has 0 bridgehead atoms. The molecule has 30 heavy (non-hydrogen) atoms. The number of methoxy groups -OCH3 is 2. The Morgan fingerprint density at radius 3 is 2.67 bits per heavy atom. The van der Waals surface area contributed by atoms with Gasteiger partial charge in [-0.3, -0.25) is 4.79 Å². The maximum absolute atomic E-state index is 13.6. The predicted molar refractivity (Wildman–Crippen MR) is 107 cm³/mol. The first-order chi connectivity index (χ1) is 14.9. The van der Waals surface area contributed by atoms with E-state index in [0.29, 0.717) is 46.3 Å². The lowest BCUT2D eigenvalue weighted by Crippen LogP contribution is -2.43. The number of carbonyl (C=O) groups excluding carboxylic acids is 1. The van der Waals surface area contributed by atoms with E-state index in [1.54, 1.807) is 45.4 Å². The van der Waals surface area contributed by atoms with Crippen molar-refractivity contribution in [3.63, 3.8) is 0 Å². The minimum atomic E-state index is -1.30. The Morgan fingerprint density at radius 1 is 1.17 bits per heavy atom. The van der Waals surface area contributed by atoms with E-state index in [2.05, 4.69) is 0 Å². The van der Waals surface area contributed by atoms with Gasteiger partial charge in [-0.2, -0.15) is 0 Å². The van der Waals surface area contributed by atoms with Crippen molar-refractivity contribution in [1.82, 2.24) is 0 Å². The fraction of sp³-hybridized carbons (Fsp3) is 0.435. The third-order valence-electron chi connectivity index (χ3n) is 6.01. The highest BCUT2D eigenvalue weighted by atomic mass is 16.5. The molecule has 4 atom stereocenters. The monoisotopic (exact) mass is 413 g/mol. The number of benzene rings is 2. The Morgan fingerprint density at radius 2 is 1.93 bits per heavy atom. The van der Waals surface area contributed by atoms with E-state index in [1.165, 1.54) is 0 Å². The Kier molecular flexibility index (Phi) is 3.90. The van der Waals surface area contributed by atoms with Gasteiger partial charge in [-0.15, -0.1) is 0 Å². The highest BCUT2D eigenvalue weighted by molar-refractivity contribution is 6.06. The average molecular weight is 413 g/mol. The van der Waals surface area contributed by atoms with Gasteiger partial charge in [0.1, 0.15) is 36.1 Å². The molecule has 5 rings (SSSR count). The molecule has 7 nitrogen and oxygen atoms in total. The highest BCUT2D eigenvalue weighted by Crippen LogP contribution is 2.50. The molecule has 0 amide bonds. The van der Waals surface area contributed by atoms with Gasteiger partial charge in [-0.25, -0.2) is 0 Å². The molecule has 0 aromatic heterocycles. The van der Waals surface area contributed by atoms with Crippen LogP contribution in [-0.2, 0) is 6.42 Å². The Balaban J connectivity index is 1.55. The lowest BCUT2D eigenvalue weighted by molar-refractivity contribution is -0.0230. The third kappa shape index (κ3) is 2.72. The van der Waals surface area contributed by atoms with Crippen molar-refractivity contribution in [2.75, 3.05) is 20.8 Å². The smallest absolute Gasteiger partial charge is 0.178 e. The largest absolute Gasteiger partial charge is 0.493 e. The van der Waals surface area contributed by atoms with Crippen LogP contribution in [0.5, 0.6) is 28.7 Å². The van der Waals surface area contributed by atoms with Crippen molar-refractivity contribution in [1.29, 1.82) is 0 Å². The van der Waals surface area contributed by atoms with Crippen molar-refractivity contribution >= 4 is 5.78 Å². The molecule has 2 aromatic rings. The minimum Gasteiger partial charge on any atom is -0.493 e. The van der Waals surface area contributed by atoms with Crippen LogP contribution >= 0.6 is 0 Å². The molecule has 0 saturated heterocycles. The predicted octanol–water partition coefficient (Wildman–Crippen LogP) is 2.90. The quantitative estimate of drug-likeness (QED) is 0.828. The Labute approximate surface area is 175 Å². The molecular weight excluding hydrogens is 388 g/mol. The van der Waals surface area contributed by atoms with Crippen molar-refractivity contribution in [2.24, 2.45) is 0 Å². The van der Waals surface area contributed by atoms with E-state index >= 15 is 0 Å². The summed E-state index contributed by atoms with van der Waals surface area (Å²) in [6.07, 6.45) is -0.687. The van der Waals surface area contributed by atoms with Gasteiger partial charge in [-0.1, -0.05) is 0 Å². The summed E-state index contributed by atoms with van der Waals surface area (Å²) in [4.78, 5) is 13.6. The highest BCUT2D eigenvalue weighted by Gasteiger charge is 2.46. The minimum absolute atomic E-state index is 0.0541. The third-order valence-corrected chi connectivity index (χ3v) is 6.01. The standard InChI is InChI=1S/C23H24O7/c1-23(2,25)19-8-13-14(29-19)6-5-11-21(24)20-12-7-16(26-3)17(27-4)9-15(12)28-10-18(20)30-22(11)13/h5-7,9,18-20,25H,8,10H2,1-4H3/t18-,19-,20+/m1/s1/i1D/t18-,19-,20+,23+. The van der Waals surface area contributed by atoms with Crippen molar-refractivity contribution in [3.8, 4) is 28.7 Å². The summed E-state index contributed by atoms with van der Waals surface area (Å²) < 4.78 is 36.5. The number of aliphatic hydroxyl groups is 1. The first-order valence-electron chi connectivity index (χ1n) is 10.5. The molecular formula is C23H24O7. The molecule has 0 aliphatic carbocycles. The molecule has 3 heterocycles. The van der Waals surface area contributed by atoms with Crippen LogP contribution in [0.25, 0.3) is 0 Å². The van der Waals surface area contributed by atoms with Gasteiger partial charge in [0.15, 0.2) is 17.3 Å². The van der Waals surface area contributed by atoms with E-state index in [9.17, 15) is 9.90 Å². The van der Waals surface area contributed by atoms with Crippen LogP contribution in [0.2, 0.25) is 0 Å². The molecule has 7 heteroatoms. The molecule has 0 saturated carbocycles. The van der Waals surface area contributed by atoms with Gasteiger partial charge in [0.25, 0.3) is 0 Å². The lowest BCUT2D eigenvalue weighted by Gasteiger charge is -2.37. The number of ketones is 1. The number of carbonyl (C=O) groups is 1. The molecule has 0 radical (unpaired) electrons.